The van der Waals surface area contributed by atoms with E-state index in [4.69, 9.17) is 21.1 Å². The first-order chi connectivity index (χ1) is 22.8. The van der Waals surface area contributed by atoms with Crippen LogP contribution >= 0.6 is 23.4 Å². The van der Waals surface area contributed by atoms with Crippen LogP contribution in [0.5, 0.6) is 6.01 Å². The second kappa shape index (κ2) is 16.3. The molecule has 2 heterocycles. The standard InChI is InChI=1S/C35H33ClFN5O4S/c1-45-16-15-41(20-24-3-7-27(8-4-24)28-9-11-30(36)12-10-28)32(43)22-42-21-29(17-26-18-38-34(46-2)39-19-26)33(44)40-35(42)47-23-25-5-13-31(37)14-6-25/h3-14,18-19,21H,15-17,20,22-23H2,1-2H3. The fourth-order valence-corrected chi connectivity index (χ4v) is 5.81. The minimum absolute atomic E-state index is 0.0578. The molecule has 12 heteroatoms. The highest BCUT2D eigenvalue weighted by Crippen LogP contribution is 2.24. The normalized spacial score (nSPS) is 11.0. The Labute approximate surface area is 281 Å². The van der Waals surface area contributed by atoms with Gasteiger partial charge in [-0.2, -0.15) is 4.98 Å². The lowest BCUT2D eigenvalue weighted by molar-refractivity contribution is -0.133. The lowest BCUT2D eigenvalue weighted by atomic mass is 10.0. The number of benzene rings is 3. The number of thioether (sulfide) groups is 1. The molecule has 0 radical (unpaired) electrons. The number of hydrogen-bond acceptors (Lipinski definition) is 8. The minimum Gasteiger partial charge on any atom is -0.467 e. The molecule has 0 fully saturated rings. The molecule has 2 aromatic heterocycles. The molecule has 0 bridgehead atoms. The van der Waals surface area contributed by atoms with E-state index in [1.165, 1.54) is 31.0 Å². The van der Waals surface area contributed by atoms with Gasteiger partial charge in [-0.15, -0.1) is 0 Å². The third kappa shape index (κ3) is 9.47. The van der Waals surface area contributed by atoms with Gasteiger partial charge in [0.2, 0.25) is 5.91 Å². The van der Waals surface area contributed by atoms with Gasteiger partial charge in [-0.3, -0.25) is 9.59 Å². The summed E-state index contributed by atoms with van der Waals surface area (Å²) in [5, 5.41) is 1.05. The van der Waals surface area contributed by atoms with Gasteiger partial charge < -0.3 is 18.9 Å². The van der Waals surface area contributed by atoms with Gasteiger partial charge in [0.25, 0.3) is 5.56 Å². The summed E-state index contributed by atoms with van der Waals surface area (Å²) in [7, 11) is 3.07. The Morgan fingerprint density at radius 3 is 2.19 bits per heavy atom. The zero-order valence-electron chi connectivity index (χ0n) is 25.9. The van der Waals surface area contributed by atoms with Crippen LogP contribution in [0.3, 0.4) is 0 Å². The topological polar surface area (TPSA) is 99.4 Å². The molecule has 0 saturated carbocycles. The number of halogens is 2. The molecule has 0 aliphatic rings. The summed E-state index contributed by atoms with van der Waals surface area (Å²) in [5.74, 6) is -0.0708. The second-order valence-corrected chi connectivity index (χ2v) is 12.0. The molecule has 1 amide bonds. The molecule has 5 aromatic rings. The van der Waals surface area contributed by atoms with Crippen LogP contribution in [-0.2, 0) is 34.8 Å². The van der Waals surface area contributed by atoms with E-state index in [1.54, 1.807) is 47.3 Å². The Morgan fingerprint density at radius 1 is 0.915 bits per heavy atom. The van der Waals surface area contributed by atoms with Gasteiger partial charge in [0, 0.05) is 61.5 Å². The zero-order chi connectivity index (χ0) is 33.2. The Kier molecular flexibility index (Phi) is 11.7. The minimum atomic E-state index is -0.414. The van der Waals surface area contributed by atoms with E-state index in [0.717, 1.165) is 22.3 Å². The summed E-state index contributed by atoms with van der Waals surface area (Å²) < 4.78 is 25.5. The van der Waals surface area contributed by atoms with Crippen LogP contribution in [0, 0.1) is 5.82 Å². The van der Waals surface area contributed by atoms with Gasteiger partial charge in [0.15, 0.2) is 5.16 Å². The van der Waals surface area contributed by atoms with Crippen LogP contribution in [0.1, 0.15) is 22.3 Å². The number of rotatable bonds is 14. The molecular formula is C35H33ClFN5O4S. The molecule has 47 heavy (non-hydrogen) atoms. The average molecular weight is 674 g/mol. The highest BCUT2D eigenvalue weighted by Gasteiger charge is 2.19. The second-order valence-electron chi connectivity index (χ2n) is 10.7. The van der Waals surface area contributed by atoms with Crippen molar-refractivity contribution >= 4 is 29.3 Å². The summed E-state index contributed by atoms with van der Waals surface area (Å²) >= 11 is 7.34. The van der Waals surface area contributed by atoms with Gasteiger partial charge in [0.1, 0.15) is 12.4 Å². The van der Waals surface area contributed by atoms with E-state index in [9.17, 15) is 14.0 Å². The molecule has 0 spiro atoms. The molecule has 3 aromatic carbocycles. The maximum Gasteiger partial charge on any atom is 0.316 e. The Morgan fingerprint density at radius 2 is 1.55 bits per heavy atom. The van der Waals surface area contributed by atoms with Crippen molar-refractivity contribution in [2.45, 2.75) is 30.4 Å². The van der Waals surface area contributed by atoms with Crippen molar-refractivity contribution in [1.29, 1.82) is 0 Å². The van der Waals surface area contributed by atoms with E-state index >= 15 is 0 Å². The van der Waals surface area contributed by atoms with Gasteiger partial charge >= 0.3 is 6.01 Å². The molecule has 0 unspecified atom stereocenters. The summed E-state index contributed by atoms with van der Waals surface area (Å²) in [6.45, 7) is 1.03. The molecular weight excluding hydrogens is 641 g/mol. The van der Waals surface area contributed by atoms with Crippen LogP contribution in [0.25, 0.3) is 11.1 Å². The Balaban J connectivity index is 1.38. The number of methoxy groups -OCH3 is 2. The number of hydrogen-bond donors (Lipinski definition) is 0. The van der Waals surface area contributed by atoms with Gasteiger partial charge in [-0.05, 0) is 52.1 Å². The van der Waals surface area contributed by atoms with Crippen molar-refractivity contribution in [3.8, 4) is 17.1 Å². The lowest BCUT2D eigenvalue weighted by Gasteiger charge is -2.24. The number of ether oxygens (including phenoxy) is 2. The lowest BCUT2D eigenvalue weighted by Crippen LogP contribution is -2.36. The maximum atomic E-state index is 13.9. The van der Waals surface area contributed by atoms with Crippen molar-refractivity contribution in [3.63, 3.8) is 0 Å². The van der Waals surface area contributed by atoms with E-state index < -0.39 is 5.56 Å². The molecule has 0 saturated heterocycles. The van der Waals surface area contributed by atoms with Gasteiger partial charge in [-0.25, -0.2) is 14.4 Å². The molecule has 0 aliphatic heterocycles. The largest absolute Gasteiger partial charge is 0.467 e. The predicted molar refractivity (Wildman–Crippen MR) is 180 cm³/mol. The maximum absolute atomic E-state index is 13.9. The number of carbonyl (C=O) groups excluding carboxylic acids is 1. The first kappa shape index (κ1) is 33.8. The quantitative estimate of drug-likeness (QED) is 0.104. The van der Waals surface area contributed by atoms with Gasteiger partial charge in [0.05, 0.1) is 13.7 Å². The number of aromatic nitrogens is 4. The summed E-state index contributed by atoms with van der Waals surface area (Å²) in [6.07, 6.45) is 5.06. The third-order valence-corrected chi connectivity index (χ3v) is 8.61. The van der Waals surface area contributed by atoms with E-state index in [2.05, 4.69) is 15.0 Å². The van der Waals surface area contributed by atoms with E-state index in [-0.39, 0.29) is 30.7 Å². The summed E-state index contributed by atoms with van der Waals surface area (Å²) in [4.78, 5) is 41.4. The van der Waals surface area contributed by atoms with Crippen LogP contribution in [0.2, 0.25) is 5.02 Å². The average Bonchev–Trinajstić information content (AvgIpc) is 3.09. The van der Waals surface area contributed by atoms with E-state index in [1.807, 2.05) is 48.5 Å². The Hall–Kier alpha value is -4.58. The van der Waals surface area contributed by atoms with Crippen molar-refractivity contribution in [2.24, 2.45) is 0 Å². The summed E-state index contributed by atoms with van der Waals surface area (Å²) in [5.41, 5.74) is 4.56. The monoisotopic (exact) mass is 673 g/mol. The van der Waals surface area contributed by atoms with Crippen molar-refractivity contribution in [1.82, 2.24) is 24.4 Å². The Bertz CT molecular complexity index is 1840. The summed E-state index contributed by atoms with van der Waals surface area (Å²) in [6, 6.07) is 22.0. The molecule has 9 nitrogen and oxygen atoms in total. The fraction of sp³-hybridized carbons (Fsp3) is 0.229. The van der Waals surface area contributed by atoms with Crippen LogP contribution in [-0.4, -0.2) is 57.7 Å². The first-order valence-electron chi connectivity index (χ1n) is 14.8. The van der Waals surface area contributed by atoms with Crippen molar-refractivity contribution in [3.05, 3.63) is 135 Å². The van der Waals surface area contributed by atoms with Gasteiger partial charge in [-0.1, -0.05) is 71.9 Å². The molecule has 0 aliphatic carbocycles. The van der Waals surface area contributed by atoms with Crippen molar-refractivity contribution in [2.75, 3.05) is 27.4 Å². The SMILES string of the molecule is COCCN(Cc1ccc(-c2ccc(Cl)cc2)cc1)C(=O)Cn1cc(Cc2cnc(OC)nc2)c(=O)nc1SCc1ccc(F)cc1. The third-order valence-electron chi connectivity index (χ3n) is 7.30. The fourth-order valence-electron chi connectivity index (χ4n) is 4.76. The highest BCUT2D eigenvalue weighted by atomic mass is 35.5. The number of carbonyl (C=O) groups is 1. The first-order valence-corrected chi connectivity index (χ1v) is 16.1. The molecule has 0 atom stereocenters. The van der Waals surface area contributed by atoms with E-state index in [0.29, 0.717) is 46.8 Å². The van der Waals surface area contributed by atoms with Crippen LogP contribution < -0.4 is 10.3 Å². The van der Waals surface area contributed by atoms with Crippen LogP contribution in [0.15, 0.2) is 101 Å². The number of nitrogens with zero attached hydrogens (tertiary/aromatic N) is 5. The highest BCUT2D eigenvalue weighted by molar-refractivity contribution is 7.98. The van der Waals surface area contributed by atoms with Crippen molar-refractivity contribution < 1.29 is 18.7 Å². The molecule has 0 N–H and O–H groups in total. The molecule has 242 valence electrons. The smallest absolute Gasteiger partial charge is 0.316 e. The number of amides is 1. The molecule has 5 rings (SSSR count). The zero-order valence-corrected chi connectivity index (χ0v) is 27.5. The predicted octanol–water partition coefficient (Wildman–Crippen LogP) is 6.06. The van der Waals surface area contributed by atoms with Crippen LogP contribution in [0.4, 0.5) is 4.39 Å².